The normalized spacial score (nSPS) is 10.5. The van der Waals surface area contributed by atoms with Crippen molar-refractivity contribution in [2.24, 2.45) is 0 Å². The summed E-state index contributed by atoms with van der Waals surface area (Å²) in [5.74, 6) is -0.426. The smallest absolute Gasteiger partial charge is 0.290 e. The highest BCUT2D eigenvalue weighted by molar-refractivity contribution is 6.05. The summed E-state index contributed by atoms with van der Waals surface area (Å²) in [7, 11) is 1.53. The van der Waals surface area contributed by atoms with Gasteiger partial charge in [0.15, 0.2) is 5.69 Å². The van der Waals surface area contributed by atoms with Gasteiger partial charge in [0.2, 0.25) is 5.91 Å². The van der Waals surface area contributed by atoms with E-state index in [0.29, 0.717) is 28.6 Å². The second-order valence-corrected chi connectivity index (χ2v) is 6.01. The van der Waals surface area contributed by atoms with E-state index < -0.39 is 11.8 Å². The van der Waals surface area contributed by atoms with E-state index >= 15 is 0 Å². The summed E-state index contributed by atoms with van der Waals surface area (Å²) < 4.78 is 6.43. The van der Waals surface area contributed by atoms with Gasteiger partial charge in [0.1, 0.15) is 5.75 Å². The maximum absolute atomic E-state index is 12.6. The second-order valence-electron chi connectivity index (χ2n) is 6.01. The minimum atomic E-state index is -0.605. The third-order valence-electron chi connectivity index (χ3n) is 4.24. The van der Waals surface area contributed by atoms with Gasteiger partial charge in [-0.25, -0.2) is 4.68 Å². The van der Waals surface area contributed by atoms with Crippen molar-refractivity contribution in [2.75, 3.05) is 7.11 Å². The van der Waals surface area contributed by atoms with E-state index in [1.807, 2.05) is 0 Å². The molecule has 2 N–H and O–H groups in total. The van der Waals surface area contributed by atoms with Crippen molar-refractivity contribution in [1.29, 1.82) is 0 Å². The Bertz CT molecular complexity index is 1090. The first-order valence-corrected chi connectivity index (χ1v) is 8.76. The molecule has 0 radical (unpaired) electrons. The van der Waals surface area contributed by atoms with E-state index in [4.69, 9.17) is 4.74 Å². The summed E-state index contributed by atoms with van der Waals surface area (Å²) in [6, 6.07) is 13.9. The SMILES string of the molecule is CCn1nc(C(=O)NNC(=O)Cc2ccccc2OC)c2ccccc2c1=O. The molecule has 0 bridgehead atoms. The van der Waals surface area contributed by atoms with Crippen LogP contribution in [0.15, 0.2) is 53.3 Å². The number of fused-ring (bicyclic) bond motifs is 1. The number of rotatable bonds is 5. The van der Waals surface area contributed by atoms with Crippen LogP contribution in [0.3, 0.4) is 0 Å². The molecule has 1 heterocycles. The number of nitrogens with zero attached hydrogens (tertiary/aromatic N) is 2. The zero-order valence-corrected chi connectivity index (χ0v) is 15.6. The Morgan fingerprint density at radius 3 is 2.43 bits per heavy atom. The molecule has 0 aliphatic carbocycles. The number of ether oxygens (including phenoxy) is 1. The average molecular weight is 380 g/mol. The Kier molecular flexibility index (Phi) is 5.69. The summed E-state index contributed by atoms with van der Waals surface area (Å²) in [5.41, 5.74) is 5.23. The Morgan fingerprint density at radius 1 is 1.04 bits per heavy atom. The molecule has 1 aromatic heterocycles. The second kappa shape index (κ2) is 8.34. The standard InChI is InChI=1S/C20H20N4O4/c1-3-24-20(27)15-10-6-5-9-14(15)18(23-24)19(26)22-21-17(25)12-13-8-4-7-11-16(13)28-2/h4-11H,3,12H2,1-2H3,(H,21,25)(H,22,26). The molecule has 0 aliphatic rings. The fourth-order valence-corrected chi connectivity index (χ4v) is 2.87. The number of carbonyl (C=O) groups is 2. The fraction of sp³-hybridized carbons (Fsp3) is 0.200. The van der Waals surface area contributed by atoms with Crippen LogP contribution in [0.5, 0.6) is 5.75 Å². The highest BCUT2D eigenvalue weighted by Crippen LogP contribution is 2.17. The highest BCUT2D eigenvalue weighted by Gasteiger charge is 2.17. The van der Waals surface area contributed by atoms with E-state index in [1.54, 1.807) is 55.5 Å². The van der Waals surface area contributed by atoms with Crippen molar-refractivity contribution in [2.45, 2.75) is 19.9 Å². The van der Waals surface area contributed by atoms with Gasteiger partial charge in [0, 0.05) is 17.5 Å². The number of para-hydroxylation sites is 1. The van der Waals surface area contributed by atoms with Gasteiger partial charge in [-0.15, -0.1) is 0 Å². The Labute approximate surface area is 161 Å². The molecule has 2 aromatic carbocycles. The minimum absolute atomic E-state index is 0.0347. The van der Waals surface area contributed by atoms with Crippen LogP contribution < -0.4 is 21.1 Å². The summed E-state index contributed by atoms with van der Waals surface area (Å²) in [6.45, 7) is 2.09. The fourth-order valence-electron chi connectivity index (χ4n) is 2.87. The molecule has 144 valence electrons. The number of aromatic nitrogens is 2. The summed E-state index contributed by atoms with van der Waals surface area (Å²) in [5, 5.41) is 4.95. The van der Waals surface area contributed by atoms with Crippen molar-refractivity contribution in [3.8, 4) is 5.75 Å². The van der Waals surface area contributed by atoms with E-state index in [0.717, 1.165) is 0 Å². The first-order chi connectivity index (χ1) is 13.5. The number of hydrogen-bond acceptors (Lipinski definition) is 5. The van der Waals surface area contributed by atoms with Crippen LogP contribution in [-0.4, -0.2) is 28.7 Å². The Balaban J connectivity index is 1.77. The molecule has 28 heavy (non-hydrogen) atoms. The van der Waals surface area contributed by atoms with Crippen molar-refractivity contribution in [3.63, 3.8) is 0 Å². The number of benzene rings is 2. The van der Waals surface area contributed by atoms with Crippen LogP contribution in [-0.2, 0) is 17.8 Å². The molecule has 0 fully saturated rings. The Hall–Kier alpha value is -3.68. The third-order valence-corrected chi connectivity index (χ3v) is 4.24. The molecular formula is C20H20N4O4. The van der Waals surface area contributed by atoms with E-state index in [2.05, 4.69) is 16.0 Å². The lowest BCUT2D eigenvalue weighted by molar-refractivity contribution is -0.121. The van der Waals surface area contributed by atoms with Crippen molar-refractivity contribution in [3.05, 3.63) is 70.1 Å². The van der Waals surface area contributed by atoms with Gasteiger partial charge >= 0.3 is 0 Å². The molecule has 2 amide bonds. The van der Waals surface area contributed by atoms with Crippen LogP contribution >= 0.6 is 0 Å². The number of amides is 2. The lowest BCUT2D eigenvalue weighted by atomic mass is 10.1. The lowest BCUT2D eigenvalue weighted by Crippen LogP contribution is -2.43. The van der Waals surface area contributed by atoms with E-state index in [9.17, 15) is 14.4 Å². The van der Waals surface area contributed by atoms with Gasteiger partial charge in [0.25, 0.3) is 11.5 Å². The van der Waals surface area contributed by atoms with Crippen molar-refractivity contribution in [1.82, 2.24) is 20.6 Å². The van der Waals surface area contributed by atoms with E-state index in [-0.39, 0.29) is 17.7 Å². The molecule has 0 unspecified atom stereocenters. The number of methoxy groups -OCH3 is 1. The molecule has 0 aliphatic heterocycles. The molecular weight excluding hydrogens is 360 g/mol. The monoisotopic (exact) mass is 380 g/mol. The predicted molar refractivity (Wildman–Crippen MR) is 104 cm³/mol. The molecule has 8 nitrogen and oxygen atoms in total. The third kappa shape index (κ3) is 3.85. The number of nitrogens with one attached hydrogen (secondary N) is 2. The number of aryl methyl sites for hydroxylation is 1. The zero-order valence-electron chi connectivity index (χ0n) is 15.6. The van der Waals surface area contributed by atoms with Crippen LogP contribution in [0, 0.1) is 0 Å². The number of carbonyl (C=O) groups excluding carboxylic acids is 2. The van der Waals surface area contributed by atoms with Gasteiger partial charge in [-0.2, -0.15) is 5.10 Å². The first kappa shape index (κ1) is 19.1. The minimum Gasteiger partial charge on any atom is -0.496 e. The van der Waals surface area contributed by atoms with Gasteiger partial charge in [-0.3, -0.25) is 25.2 Å². The van der Waals surface area contributed by atoms with Crippen molar-refractivity contribution >= 4 is 22.6 Å². The maximum atomic E-state index is 12.6. The van der Waals surface area contributed by atoms with Gasteiger partial charge < -0.3 is 4.74 Å². The van der Waals surface area contributed by atoms with Gasteiger partial charge in [-0.1, -0.05) is 36.4 Å². The van der Waals surface area contributed by atoms with E-state index in [1.165, 1.54) is 11.8 Å². The molecule has 0 saturated carbocycles. The summed E-state index contributed by atoms with van der Waals surface area (Å²) >= 11 is 0. The largest absolute Gasteiger partial charge is 0.496 e. The quantitative estimate of drug-likeness (QED) is 0.652. The molecule has 0 saturated heterocycles. The van der Waals surface area contributed by atoms with Crippen molar-refractivity contribution < 1.29 is 14.3 Å². The topological polar surface area (TPSA) is 102 Å². The van der Waals surface area contributed by atoms with Gasteiger partial charge in [0.05, 0.1) is 18.9 Å². The number of hydrazine groups is 1. The number of hydrogen-bond donors (Lipinski definition) is 2. The predicted octanol–water partition coefficient (Wildman–Crippen LogP) is 1.43. The average Bonchev–Trinajstić information content (AvgIpc) is 2.73. The molecule has 3 rings (SSSR count). The van der Waals surface area contributed by atoms with Crippen LogP contribution in [0.1, 0.15) is 23.0 Å². The highest BCUT2D eigenvalue weighted by atomic mass is 16.5. The molecule has 0 atom stereocenters. The van der Waals surface area contributed by atoms with Crippen LogP contribution in [0.4, 0.5) is 0 Å². The molecule has 8 heteroatoms. The molecule has 3 aromatic rings. The maximum Gasteiger partial charge on any atom is 0.290 e. The Morgan fingerprint density at radius 2 is 1.71 bits per heavy atom. The summed E-state index contributed by atoms with van der Waals surface area (Å²) in [4.78, 5) is 37.1. The zero-order chi connectivity index (χ0) is 20.1. The molecule has 0 spiro atoms. The van der Waals surface area contributed by atoms with Gasteiger partial charge in [-0.05, 0) is 19.1 Å². The van der Waals surface area contributed by atoms with Crippen LogP contribution in [0.25, 0.3) is 10.8 Å². The lowest BCUT2D eigenvalue weighted by Gasteiger charge is -2.11. The first-order valence-electron chi connectivity index (χ1n) is 8.76. The van der Waals surface area contributed by atoms with Crippen LogP contribution in [0.2, 0.25) is 0 Å². The summed E-state index contributed by atoms with van der Waals surface area (Å²) in [6.07, 6.45) is 0.0347.